The van der Waals surface area contributed by atoms with E-state index in [-0.39, 0.29) is 25.9 Å². The Labute approximate surface area is 200 Å². The van der Waals surface area contributed by atoms with E-state index in [0.29, 0.717) is 22.8 Å². The summed E-state index contributed by atoms with van der Waals surface area (Å²) in [6, 6.07) is 20.5. The van der Waals surface area contributed by atoms with Gasteiger partial charge in [-0.25, -0.2) is 4.98 Å². The molecule has 1 aromatic heterocycles. The molecule has 0 aliphatic carbocycles. The van der Waals surface area contributed by atoms with Crippen LogP contribution in [-0.2, 0) is 5.75 Å². The van der Waals surface area contributed by atoms with Crippen LogP contribution in [0.5, 0.6) is 17.2 Å². The van der Waals surface area contributed by atoms with Crippen LogP contribution in [0.3, 0.4) is 0 Å². The highest BCUT2D eigenvalue weighted by Crippen LogP contribution is 2.35. The molecule has 1 amide bonds. The molecule has 174 valence electrons. The van der Waals surface area contributed by atoms with Gasteiger partial charge in [0.25, 0.3) is 5.91 Å². The Morgan fingerprint density at radius 3 is 2.79 bits per heavy atom. The molecule has 0 fully saturated rings. The molecule has 9 heteroatoms. The molecule has 8 nitrogen and oxygen atoms in total. The number of ether oxygens (including phenoxy) is 3. The average Bonchev–Trinajstić information content (AvgIpc) is 3.51. The Bertz CT molecular complexity index is 1260. The number of para-hydroxylation sites is 2. The van der Waals surface area contributed by atoms with Gasteiger partial charge in [-0.05, 0) is 42.0 Å². The Hall–Kier alpha value is -3.69. The minimum Gasteiger partial charge on any atom is -0.491 e. The van der Waals surface area contributed by atoms with Gasteiger partial charge in [0, 0.05) is 23.9 Å². The number of H-pyrrole nitrogens is 1. The van der Waals surface area contributed by atoms with Crippen LogP contribution in [0, 0.1) is 0 Å². The third-order valence-corrected chi connectivity index (χ3v) is 6.19. The molecule has 0 spiro atoms. The van der Waals surface area contributed by atoms with Gasteiger partial charge >= 0.3 is 0 Å². The first kappa shape index (κ1) is 22.1. The number of nitrogens with zero attached hydrogens (tertiary/aromatic N) is 1. The Balaban J connectivity index is 1.06. The Morgan fingerprint density at radius 2 is 1.94 bits per heavy atom. The fourth-order valence-electron chi connectivity index (χ4n) is 3.43. The molecule has 0 radical (unpaired) electrons. The molecule has 0 bridgehead atoms. The molecule has 1 aliphatic heterocycles. The van der Waals surface area contributed by atoms with Crippen LogP contribution in [0.25, 0.3) is 11.0 Å². The number of aliphatic hydroxyl groups excluding tert-OH is 1. The fourth-order valence-corrected chi connectivity index (χ4v) is 4.27. The van der Waals surface area contributed by atoms with Crippen molar-refractivity contribution >= 4 is 28.7 Å². The standard InChI is InChI=1S/C25H23N3O5S/c29-18(13-31-19-9-10-22-23(11-19)33-15-32-22)12-26-24(30)17-7-5-16(6-8-17)14-34-25-27-20-3-1-2-4-21(20)28-25/h1-11,18,29H,12-15H2,(H,26,30)(H,27,28). The molecule has 0 saturated carbocycles. The SMILES string of the molecule is O=C(NCC(O)COc1ccc2c(c1)OCO2)c1ccc(CSc2nc3ccccc3[nH]2)cc1. The number of imidazole rings is 1. The molecule has 5 rings (SSSR count). The van der Waals surface area contributed by atoms with E-state index in [1.807, 2.05) is 36.4 Å². The van der Waals surface area contributed by atoms with Crippen LogP contribution in [-0.4, -0.2) is 47.0 Å². The minimum absolute atomic E-state index is 0.0396. The number of amides is 1. The lowest BCUT2D eigenvalue weighted by atomic mass is 10.1. The number of carbonyl (C=O) groups excluding carboxylic acids is 1. The summed E-state index contributed by atoms with van der Waals surface area (Å²) >= 11 is 1.61. The van der Waals surface area contributed by atoms with Crippen molar-refractivity contribution in [3.05, 3.63) is 77.9 Å². The lowest BCUT2D eigenvalue weighted by molar-refractivity contribution is 0.0843. The smallest absolute Gasteiger partial charge is 0.251 e. The summed E-state index contributed by atoms with van der Waals surface area (Å²) < 4.78 is 16.1. The van der Waals surface area contributed by atoms with Gasteiger partial charge in [0.1, 0.15) is 18.5 Å². The molecule has 4 aromatic rings. The summed E-state index contributed by atoms with van der Waals surface area (Å²) in [5, 5.41) is 13.8. The van der Waals surface area contributed by atoms with Gasteiger partial charge in [0.05, 0.1) is 11.0 Å². The fraction of sp³-hybridized carbons (Fsp3) is 0.200. The zero-order valence-electron chi connectivity index (χ0n) is 18.2. The highest BCUT2D eigenvalue weighted by molar-refractivity contribution is 7.98. The van der Waals surface area contributed by atoms with Gasteiger partial charge in [-0.2, -0.15) is 0 Å². The first-order valence-corrected chi connectivity index (χ1v) is 11.8. The molecule has 1 atom stereocenters. The number of benzene rings is 3. The van der Waals surface area contributed by atoms with E-state index < -0.39 is 6.10 Å². The van der Waals surface area contributed by atoms with Crippen LogP contribution >= 0.6 is 11.8 Å². The summed E-state index contributed by atoms with van der Waals surface area (Å²) in [5.41, 5.74) is 3.57. The molecule has 3 aromatic carbocycles. The second-order valence-corrected chi connectivity index (χ2v) is 8.70. The van der Waals surface area contributed by atoms with Gasteiger partial charge < -0.3 is 29.6 Å². The van der Waals surface area contributed by atoms with Gasteiger partial charge in [0.2, 0.25) is 6.79 Å². The monoisotopic (exact) mass is 477 g/mol. The number of carbonyl (C=O) groups is 1. The third kappa shape index (κ3) is 5.27. The lowest BCUT2D eigenvalue weighted by Gasteiger charge is -2.14. The summed E-state index contributed by atoms with van der Waals surface area (Å²) in [6.45, 7) is 0.305. The van der Waals surface area contributed by atoms with Crippen LogP contribution < -0.4 is 19.5 Å². The predicted molar refractivity (Wildman–Crippen MR) is 128 cm³/mol. The Morgan fingerprint density at radius 1 is 1.12 bits per heavy atom. The van der Waals surface area contributed by atoms with Crippen LogP contribution in [0.4, 0.5) is 0 Å². The zero-order chi connectivity index (χ0) is 23.3. The van der Waals surface area contributed by atoms with Crippen molar-refractivity contribution in [2.75, 3.05) is 19.9 Å². The van der Waals surface area contributed by atoms with E-state index in [9.17, 15) is 9.90 Å². The number of fused-ring (bicyclic) bond motifs is 2. The number of nitrogens with one attached hydrogen (secondary N) is 2. The average molecular weight is 478 g/mol. The third-order valence-electron chi connectivity index (χ3n) is 5.24. The number of rotatable bonds is 9. The van der Waals surface area contributed by atoms with Crippen LogP contribution in [0.1, 0.15) is 15.9 Å². The second kappa shape index (κ2) is 10.1. The van der Waals surface area contributed by atoms with E-state index in [2.05, 4.69) is 15.3 Å². The predicted octanol–water partition coefficient (Wildman–Crippen LogP) is 3.75. The molecule has 1 aliphatic rings. The summed E-state index contributed by atoms with van der Waals surface area (Å²) in [7, 11) is 0. The minimum atomic E-state index is -0.853. The number of aliphatic hydroxyl groups is 1. The van der Waals surface area contributed by atoms with E-state index in [1.54, 1.807) is 42.1 Å². The van der Waals surface area contributed by atoms with Crippen LogP contribution in [0.15, 0.2) is 71.9 Å². The summed E-state index contributed by atoms with van der Waals surface area (Å²) in [5.74, 6) is 2.32. The van der Waals surface area contributed by atoms with Gasteiger partial charge in [-0.1, -0.05) is 36.0 Å². The molecule has 0 saturated heterocycles. The number of aromatic nitrogens is 2. The number of hydrogen-bond donors (Lipinski definition) is 3. The summed E-state index contributed by atoms with van der Waals surface area (Å²) in [6.07, 6.45) is -0.853. The van der Waals surface area contributed by atoms with Crippen molar-refractivity contribution < 1.29 is 24.1 Å². The Kier molecular flexibility index (Phi) is 6.55. The first-order chi connectivity index (χ1) is 16.6. The van der Waals surface area contributed by atoms with E-state index >= 15 is 0 Å². The highest BCUT2D eigenvalue weighted by atomic mass is 32.2. The van der Waals surface area contributed by atoms with E-state index in [1.165, 1.54) is 0 Å². The van der Waals surface area contributed by atoms with Gasteiger partial charge in [-0.3, -0.25) is 4.79 Å². The van der Waals surface area contributed by atoms with Crippen molar-refractivity contribution in [1.29, 1.82) is 0 Å². The van der Waals surface area contributed by atoms with E-state index in [0.717, 1.165) is 27.5 Å². The first-order valence-electron chi connectivity index (χ1n) is 10.8. The molecule has 3 N–H and O–H groups in total. The summed E-state index contributed by atoms with van der Waals surface area (Å²) in [4.78, 5) is 20.3. The van der Waals surface area contributed by atoms with Crippen LogP contribution in [0.2, 0.25) is 0 Å². The number of thioether (sulfide) groups is 1. The normalized spacial score (nSPS) is 13.1. The van der Waals surface area contributed by atoms with Crippen molar-refractivity contribution in [2.45, 2.75) is 17.0 Å². The maximum absolute atomic E-state index is 12.4. The highest BCUT2D eigenvalue weighted by Gasteiger charge is 2.15. The zero-order valence-corrected chi connectivity index (χ0v) is 19.0. The quantitative estimate of drug-likeness (QED) is 0.315. The number of aromatic amines is 1. The van der Waals surface area contributed by atoms with Gasteiger partial charge in [0.15, 0.2) is 16.7 Å². The van der Waals surface area contributed by atoms with E-state index in [4.69, 9.17) is 14.2 Å². The maximum atomic E-state index is 12.4. The molecular weight excluding hydrogens is 454 g/mol. The van der Waals surface area contributed by atoms with Crippen molar-refractivity contribution in [1.82, 2.24) is 15.3 Å². The maximum Gasteiger partial charge on any atom is 0.251 e. The largest absolute Gasteiger partial charge is 0.491 e. The topological polar surface area (TPSA) is 106 Å². The van der Waals surface area contributed by atoms with Crippen molar-refractivity contribution in [3.8, 4) is 17.2 Å². The molecule has 1 unspecified atom stereocenters. The van der Waals surface area contributed by atoms with Crippen molar-refractivity contribution in [2.24, 2.45) is 0 Å². The molecule has 34 heavy (non-hydrogen) atoms. The van der Waals surface area contributed by atoms with Crippen molar-refractivity contribution in [3.63, 3.8) is 0 Å². The lowest BCUT2D eigenvalue weighted by Crippen LogP contribution is -2.35. The number of hydrogen-bond acceptors (Lipinski definition) is 7. The molecular formula is C25H23N3O5S. The second-order valence-electron chi connectivity index (χ2n) is 7.73. The van der Waals surface area contributed by atoms with Gasteiger partial charge in [-0.15, -0.1) is 0 Å². The molecule has 2 heterocycles.